The summed E-state index contributed by atoms with van der Waals surface area (Å²) in [5.41, 5.74) is 1.10. The average molecular weight is 452 g/mol. The van der Waals surface area contributed by atoms with Crippen molar-refractivity contribution in [2.45, 2.75) is 32.7 Å². The third-order valence-corrected chi connectivity index (χ3v) is 5.90. The molecule has 0 radical (unpaired) electrons. The predicted molar refractivity (Wildman–Crippen MR) is 127 cm³/mol. The number of hydrogen-bond donors (Lipinski definition) is 2. The number of nitrogens with one attached hydrogen (secondary N) is 2. The van der Waals surface area contributed by atoms with E-state index in [4.69, 9.17) is 4.74 Å². The molecule has 1 fully saturated rings. The highest BCUT2D eigenvalue weighted by molar-refractivity contribution is 5.97. The summed E-state index contributed by atoms with van der Waals surface area (Å²) < 4.78 is 5.22. The summed E-state index contributed by atoms with van der Waals surface area (Å²) in [5.74, 6) is 0.393. The fraction of sp³-hybridized carbons (Fsp3) is 0.423. The van der Waals surface area contributed by atoms with Gasteiger partial charge in [0.05, 0.1) is 7.11 Å². The molecule has 1 aliphatic rings. The number of piperidine rings is 1. The van der Waals surface area contributed by atoms with Gasteiger partial charge in [-0.25, -0.2) is 0 Å². The molecule has 33 heavy (non-hydrogen) atoms. The molecule has 7 heteroatoms. The van der Waals surface area contributed by atoms with E-state index in [2.05, 4.69) is 10.6 Å². The Balaban J connectivity index is 1.67. The molecule has 3 rings (SSSR count). The van der Waals surface area contributed by atoms with Gasteiger partial charge in [0.15, 0.2) is 0 Å². The molecular formula is C26H33N3O4. The highest BCUT2D eigenvalue weighted by Gasteiger charge is 2.34. The Kier molecular flexibility index (Phi) is 8.46. The van der Waals surface area contributed by atoms with Gasteiger partial charge in [-0.1, -0.05) is 38.1 Å². The number of hydrogen-bond acceptors (Lipinski definition) is 4. The highest BCUT2D eigenvalue weighted by atomic mass is 16.5. The van der Waals surface area contributed by atoms with Crippen molar-refractivity contribution in [2.75, 3.05) is 26.7 Å². The molecule has 0 aliphatic carbocycles. The van der Waals surface area contributed by atoms with E-state index in [0.717, 1.165) is 0 Å². The van der Waals surface area contributed by atoms with Gasteiger partial charge in [-0.2, -0.15) is 0 Å². The number of amides is 3. The molecule has 0 aromatic heterocycles. The first-order valence-electron chi connectivity index (χ1n) is 11.5. The van der Waals surface area contributed by atoms with Crippen LogP contribution in [-0.4, -0.2) is 55.4 Å². The zero-order valence-corrected chi connectivity index (χ0v) is 19.5. The third-order valence-electron chi connectivity index (χ3n) is 5.90. The number of carbonyl (C=O) groups excluding carboxylic acids is 3. The number of ether oxygens (including phenoxy) is 1. The minimum atomic E-state index is -0.648. The zero-order chi connectivity index (χ0) is 23.8. The quantitative estimate of drug-likeness (QED) is 0.646. The van der Waals surface area contributed by atoms with Crippen molar-refractivity contribution in [3.05, 3.63) is 65.7 Å². The maximum absolute atomic E-state index is 13.0. The molecule has 0 bridgehead atoms. The molecular weight excluding hydrogens is 418 g/mol. The number of carbonyl (C=O) groups is 3. The Labute approximate surface area is 195 Å². The second-order valence-corrected chi connectivity index (χ2v) is 8.82. The Morgan fingerprint density at radius 1 is 1.00 bits per heavy atom. The van der Waals surface area contributed by atoms with Crippen LogP contribution in [0.4, 0.5) is 0 Å². The lowest BCUT2D eigenvalue weighted by atomic mass is 9.88. The van der Waals surface area contributed by atoms with Crippen LogP contribution in [0, 0.1) is 11.8 Å². The van der Waals surface area contributed by atoms with Crippen molar-refractivity contribution in [1.82, 2.24) is 15.5 Å². The Morgan fingerprint density at radius 3 is 2.30 bits per heavy atom. The molecule has 2 aromatic carbocycles. The number of nitrogens with zero attached hydrogens (tertiary/aromatic N) is 1. The van der Waals surface area contributed by atoms with Crippen LogP contribution in [0.15, 0.2) is 54.6 Å². The summed E-state index contributed by atoms with van der Waals surface area (Å²) in [4.78, 5) is 40.5. The van der Waals surface area contributed by atoms with Gasteiger partial charge in [-0.05, 0) is 55.0 Å². The molecule has 0 spiro atoms. The fourth-order valence-corrected chi connectivity index (χ4v) is 4.00. The number of benzene rings is 2. The first kappa shape index (κ1) is 24.3. The highest BCUT2D eigenvalue weighted by Crippen LogP contribution is 2.24. The maximum atomic E-state index is 13.0. The van der Waals surface area contributed by atoms with E-state index in [1.54, 1.807) is 60.5 Å². The molecule has 1 atom stereocenters. The molecule has 0 saturated carbocycles. The van der Waals surface area contributed by atoms with Gasteiger partial charge in [0.2, 0.25) is 5.91 Å². The summed E-state index contributed by atoms with van der Waals surface area (Å²) in [5, 5.41) is 5.91. The standard InChI is InChI=1S/C26H33N3O4/c1-18(2)17-27-25(31)23(28-24(30)20-8-5-4-6-9-20)19-12-14-29(15-13-19)26(32)21-10-7-11-22(16-21)33-3/h4-11,16,18-19,23H,12-15,17H2,1-3H3,(H,27,31)(H,28,30). The molecule has 176 valence electrons. The first-order valence-corrected chi connectivity index (χ1v) is 11.5. The SMILES string of the molecule is COc1cccc(C(=O)N2CCC(C(NC(=O)c3ccccc3)C(=O)NCC(C)C)CC2)c1. The van der Waals surface area contributed by atoms with Gasteiger partial charge in [0.25, 0.3) is 11.8 Å². The lowest BCUT2D eigenvalue weighted by molar-refractivity contribution is -0.124. The summed E-state index contributed by atoms with van der Waals surface area (Å²) in [7, 11) is 1.57. The fourth-order valence-electron chi connectivity index (χ4n) is 4.00. The van der Waals surface area contributed by atoms with Gasteiger partial charge in [-0.15, -0.1) is 0 Å². The lowest BCUT2D eigenvalue weighted by Gasteiger charge is -2.36. The molecule has 1 heterocycles. The topological polar surface area (TPSA) is 87.7 Å². The van der Waals surface area contributed by atoms with E-state index in [0.29, 0.717) is 55.3 Å². The molecule has 2 N–H and O–H groups in total. The van der Waals surface area contributed by atoms with Crippen LogP contribution in [-0.2, 0) is 4.79 Å². The summed E-state index contributed by atoms with van der Waals surface area (Å²) in [6.07, 6.45) is 1.26. The normalized spacial score (nSPS) is 15.1. The first-order chi connectivity index (χ1) is 15.9. The second kappa shape index (κ2) is 11.5. The number of rotatable bonds is 8. The predicted octanol–water partition coefficient (Wildman–Crippen LogP) is 3.12. The van der Waals surface area contributed by atoms with E-state index in [1.165, 1.54) is 0 Å². The van der Waals surface area contributed by atoms with Gasteiger partial charge in [-0.3, -0.25) is 14.4 Å². The minimum absolute atomic E-state index is 0.0542. The smallest absolute Gasteiger partial charge is 0.253 e. The number of likely N-dealkylation sites (tertiary alicyclic amines) is 1. The summed E-state index contributed by atoms with van der Waals surface area (Å²) in [6, 6.07) is 15.4. The summed E-state index contributed by atoms with van der Waals surface area (Å²) in [6.45, 7) is 5.65. The van der Waals surface area contributed by atoms with E-state index in [1.807, 2.05) is 19.9 Å². The van der Waals surface area contributed by atoms with Crippen molar-refractivity contribution in [1.29, 1.82) is 0 Å². The number of methoxy groups -OCH3 is 1. The molecule has 7 nitrogen and oxygen atoms in total. The van der Waals surface area contributed by atoms with Gasteiger partial charge in [0, 0.05) is 30.8 Å². The van der Waals surface area contributed by atoms with E-state index < -0.39 is 6.04 Å². The van der Waals surface area contributed by atoms with E-state index >= 15 is 0 Å². The van der Waals surface area contributed by atoms with Crippen molar-refractivity contribution >= 4 is 17.7 Å². The zero-order valence-electron chi connectivity index (χ0n) is 19.5. The van der Waals surface area contributed by atoms with Crippen LogP contribution >= 0.6 is 0 Å². The monoisotopic (exact) mass is 451 g/mol. The van der Waals surface area contributed by atoms with Gasteiger partial charge >= 0.3 is 0 Å². The van der Waals surface area contributed by atoms with E-state index in [9.17, 15) is 14.4 Å². The maximum Gasteiger partial charge on any atom is 0.253 e. The largest absolute Gasteiger partial charge is 0.497 e. The van der Waals surface area contributed by atoms with Crippen LogP contribution < -0.4 is 15.4 Å². The second-order valence-electron chi connectivity index (χ2n) is 8.82. The lowest BCUT2D eigenvalue weighted by Crippen LogP contribution is -2.54. The van der Waals surface area contributed by atoms with Crippen molar-refractivity contribution in [2.24, 2.45) is 11.8 Å². The third kappa shape index (κ3) is 6.57. The van der Waals surface area contributed by atoms with Crippen LogP contribution in [0.5, 0.6) is 5.75 Å². The van der Waals surface area contributed by atoms with Gasteiger partial charge < -0.3 is 20.3 Å². The van der Waals surface area contributed by atoms with Crippen molar-refractivity contribution < 1.29 is 19.1 Å². The Morgan fingerprint density at radius 2 is 1.67 bits per heavy atom. The van der Waals surface area contributed by atoms with Crippen LogP contribution in [0.1, 0.15) is 47.4 Å². The molecule has 3 amide bonds. The van der Waals surface area contributed by atoms with Crippen molar-refractivity contribution in [3.63, 3.8) is 0 Å². The molecule has 1 aliphatic heterocycles. The average Bonchev–Trinajstić information content (AvgIpc) is 2.86. The molecule has 1 unspecified atom stereocenters. The van der Waals surface area contributed by atoms with Crippen LogP contribution in [0.2, 0.25) is 0 Å². The Hall–Kier alpha value is -3.35. The minimum Gasteiger partial charge on any atom is -0.497 e. The van der Waals surface area contributed by atoms with Crippen LogP contribution in [0.3, 0.4) is 0 Å². The van der Waals surface area contributed by atoms with Crippen molar-refractivity contribution in [3.8, 4) is 5.75 Å². The van der Waals surface area contributed by atoms with Crippen LogP contribution in [0.25, 0.3) is 0 Å². The molecule has 2 aromatic rings. The van der Waals surface area contributed by atoms with Gasteiger partial charge in [0.1, 0.15) is 11.8 Å². The Bertz CT molecular complexity index is 953. The molecule has 1 saturated heterocycles. The van der Waals surface area contributed by atoms with E-state index in [-0.39, 0.29) is 23.6 Å². The summed E-state index contributed by atoms with van der Waals surface area (Å²) >= 11 is 0.